The Morgan fingerprint density at radius 2 is 2.09 bits per heavy atom. The second-order valence-electron chi connectivity index (χ2n) is 5.34. The SMILES string of the molecule is COc1cccc(Cc2nc(C(O)[C@@H](N)C(C)C)no2)c1.Cl. The van der Waals surface area contributed by atoms with Crippen LogP contribution in [0.2, 0.25) is 0 Å². The number of aliphatic hydroxyl groups is 1. The van der Waals surface area contributed by atoms with Crippen molar-refractivity contribution in [2.75, 3.05) is 7.11 Å². The van der Waals surface area contributed by atoms with Crippen molar-refractivity contribution < 1.29 is 14.4 Å². The van der Waals surface area contributed by atoms with E-state index in [1.165, 1.54) is 0 Å². The molecule has 2 aromatic rings. The molecule has 0 saturated carbocycles. The Labute approximate surface area is 136 Å². The molecule has 3 N–H and O–H groups in total. The highest BCUT2D eigenvalue weighted by atomic mass is 35.5. The maximum atomic E-state index is 10.1. The molecular weight excluding hydrogens is 306 g/mol. The van der Waals surface area contributed by atoms with Crippen LogP contribution in [0, 0.1) is 5.92 Å². The number of halogens is 1. The van der Waals surface area contributed by atoms with Gasteiger partial charge in [0.15, 0.2) is 0 Å². The summed E-state index contributed by atoms with van der Waals surface area (Å²) in [5.74, 6) is 1.57. The van der Waals surface area contributed by atoms with Gasteiger partial charge < -0.3 is 20.1 Å². The van der Waals surface area contributed by atoms with Crippen LogP contribution in [-0.4, -0.2) is 28.4 Å². The highest BCUT2D eigenvalue weighted by Gasteiger charge is 2.24. The van der Waals surface area contributed by atoms with Crippen LogP contribution in [0.15, 0.2) is 28.8 Å². The molecule has 1 unspecified atom stereocenters. The Bertz CT molecular complexity index is 589. The summed E-state index contributed by atoms with van der Waals surface area (Å²) in [5, 5.41) is 13.9. The number of methoxy groups -OCH3 is 1. The average molecular weight is 328 g/mol. The van der Waals surface area contributed by atoms with Gasteiger partial charge in [-0.05, 0) is 23.6 Å². The van der Waals surface area contributed by atoms with Gasteiger partial charge in [-0.3, -0.25) is 0 Å². The summed E-state index contributed by atoms with van der Waals surface area (Å²) in [6, 6.07) is 7.19. The summed E-state index contributed by atoms with van der Waals surface area (Å²) in [5.41, 5.74) is 6.90. The number of aliphatic hydroxyl groups excluding tert-OH is 1. The molecule has 1 aromatic carbocycles. The van der Waals surface area contributed by atoms with E-state index in [1.54, 1.807) is 7.11 Å². The summed E-state index contributed by atoms with van der Waals surface area (Å²) in [6.07, 6.45) is -0.443. The van der Waals surface area contributed by atoms with Crippen molar-refractivity contribution in [3.8, 4) is 5.75 Å². The van der Waals surface area contributed by atoms with Crippen LogP contribution in [0.25, 0.3) is 0 Å². The Morgan fingerprint density at radius 3 is 2.73 bits per heavy atom. The molecular formula is C15H22ClN3O3. The molecule has 0 spiro atoms. The molecule has 0 saturated heterocycles. The zero-order valence-electron chi connectivity index (χ0n) is 12.9. The normalized spacial score (nSPS) is 13.5. The Balaban J connectivity index is 0.00000242. The Hall–Kier alpha value is -1.63. The topological polar surface area (TPSA) is 94.4 Å². The number of hydrogen-bond donors (Lipinski definition) is 2. The van der Waals surface area contributed by atoms with E-state index in [0.29, 0.717) is 12.3 Å². The molecule has 7 heteroatoms. The number of benzene rings is 1. The van der Waals surface area contributed by atoms with Crippen molar-refractivity contribution in [1.29, 1.82) is 0 Å². The molecule has 6 nitrogen and oxygen atoms in total. The lowest BCUT2D eigenvalue weighted by Gasteiger charge is -2.18. The minimum absolute atomic E-state index is 0. The number of hydrogen-bond acceptors (Lipinski definition) is 6. The van der Waals surface area contributed by atoms with Crippen molar-refractivity contribution in [2.45, 2.75) is 32.4 Å². The molecule has 0 radical (unpaired) electrons. The second-order valence-corrected chi connectivity index (χ2v) is 5.34. The number of aromatic nitrogens is 2. The lowest BCUT2D eigenvalue weighted by Crippen LogP contribution is -2.34. The van der Waals surface area contributed by atoms with E-state index in [-0.39, 0.29) is 24.1 Å². The third kappa shape index (κ3) is 4.43. The fourth-order valence-corrected chi connectivity index (χ4v) is 1.95. The third-order valence-electron chi connectivity index (χ3n) is 3.37. The molecule has 0 aliphatic heterocycles. The highest BCUT2D eigenvalue weighted by molar-refractivity contribution is 5.85. The van der Waals surface area contributed by atoms with E-state index in [1.807, 2.05) is 38.1 Å². The van der Waals surface area contributed by atoms with E-state index in [0.717, 1.165) is 11.3 Å². The van der Waals surface area contributed by atoms with E-state index in [2.05, 4.69) is 10.1 Å². The summed E-state index contributed by atoms with van der Waals surface area (Å²) in [7, 11) is 1.62. The maximum Gasteiger partial charge on any atom is 0.231 e. The van der Waals surface area contributed by atoms with Gasteiger partial charge in [0.2, 0.25) is 11.7 Å². The van der Waals surface area contributed by atoms with Crippen LogP contribution in [0.3, 0.4) is 0 Å². The van der Waals surface area contributed by atoms with Crippen LogP contribution in [-0.2, 0) is 6.42 Å². The summed E-state index contributed by atoms with van der Waals surface area (Å²) < 4.78 is 10.3. The first-order chi connectivity index (χ1) is 10.0. The zero-order chi connectivity index (χ0) is 15.4. The number of nitrogens with two attached hydrogens (primary N) is 1. The zero-order valence-corrected chi connectivity index (χ0v) is 13.7. The molecule has 1 heterocycles. The van der Waals surface area contributed by atoms with Crippen LogP contribution >= 0.6 is 12.4 Å². The molecule has 122 valence electrons. The number of rotatable bonds is 6. The Kier molecular flexibility index (Phi) is 6.80. The molecule has 0 bridgehead atoms. The quantitative estimate of drug-likeness (QED) is 0.843. The molecule has 0 fully saturated rings. The first-order valence-electron chi connectivity index (χ1n) is 6.90. The summed E-state index contributed by atoms with van der Waals surface area (Å²) >= 11 is 0. The standard InChI is InChI=1S/C15H21N3O3.ClH/c1-9(2)13(16)14(19)15-17-12(21-18-15)8-10-5-4-6-11(7-10)20-3;/h4-7,9,13-14,19H,8,16H2,1-3H3;1H/t13-,14?;/m0./s1. The molecule has 0 amide bonds. The molecule has 0 aliphatic rings. The van der Waals surface area contributed by atoms with Crippen molar-refractivity contribution >= 4 is 12.4 Å². The van der Waals surface area contributed by atoms with E-state index < -0.39 is 12.1 Å². The van der Waals surface area contributed by atoms with Gasteiger partial charge in [0.1, 0.15) is 11.9 Å². The Morgan fingerprint density at radius 1 is 1.36 bits per heavy atom. The van der Waals surface area contributed by atoms with Crippen LogP contribution in [0.4, 0.5) is 0 Å². The van der Waals surface area contributed by atoms with Crippen molar-refractivity contribution in [2.24, 2.45) is 11.7 Å². The van der Waals surface area contributed by atoms with Gasteiger partial charge in [-0.15, -0.1) is 12.4 Å². The predicted molar refractivity (Wildman–Crippen MR) is 85.1 cm³/mol. The first-order valence-corrected chi connectivity index (χ1v) is 6.90. The average Bonchev–Trinajstić information content (AvgIpc) is 2.94. The van der Waals surface area contributed by atoms with Gasteiger partial charge in [0, 0.05) is 6.04 Å². The van der Waals surface area contributed by atoms with Gasteiger partial charge in [-0.2, -0.15) is 4.98 Å². The van der Waals surface area contributed by atoms with Crippen LogP contribution < -0.4 is 10.5 Å². The van der Waals surface area contributed by atoms with Crippen LogP contribution in [0.5, 0.6) is 5.75 Å². The van der Waals surface area contributed by atoms with Crippen molar-refractivity contribution in [3.63, 3.8) is 0 Å². The fraction of sp³-hybridized carbons (Fsp3) is 0.467. The summed E-state index contributed by atoms with van der Waals surface area (Å²) in [4.78, 5) is 4.22. The monoisotopic (exact) mass is 327 g/mol. The van der Waals surface area contributed by atoms with Gasteiger partial charge in [-0.25, -0.2) is 0 Å². The van der Waals surface area contributed by atoms with E-state index in [9.17, 15) is 5.11 Å². The van der Waals surface area contributed by atoms with Crippen molar-refractivity contribution in [1.82, 2.24) is 10.1 Å². The van der Waals surface area contributed by atoms with Gasteiger partial charge in [-0.1, -0.05) is 31.1 Å². The lowest BCUT2D eigenvalue weighted by molar-refractivity contribution is 0.114. The summed E-state index contributed by atoms with van der Waals surface area (Å²) in [6.45, 7) is 3.87. The maximum absolute atomic E-state index is 10.1. The number of nitrogens with zero attached hydrogens (tertiary/aromatic N) is 2. The first kappa shape index (κ1) is 18.4. The van der Waals surface area contributed by atoms with Crippen LogP contribution in [0.1, 0.15) is 37.2 Å². The largest absolute Gasteiger partial charge is 0.497 e. The molecule has 22 heavy (non-hydrogen) atoms. The van der Waals surface area contributed by atoms with E-state index >= 15 is 0 Å². The van der Waals surface area contributed by atoms with Gasteiger partial charge in [0.05, 0.1) is 13.5 Å². The van der Waals surface area contributed by atoms with E-state index in [4.69, 9.17) is 15.0 Å². The number of ether oxygens (including phenoxy) is 1. The molecule has 0 aliphatic carbocycles. The smallest absolute Gasteiger partial charge is 0.231 e. The second kappa shape index (κ2) is 8.12. The minimum atomic E-state index is -0.923. The fourth-order valence-electron chi connectivity index (χ4n) is 1.95. The third-order valence-corrected chi connectivity index (χ3v) is 3.37. The predicted octanol–water partition coefficient (Wildman–Crippen LogP) is 2.11. The van der Waals surface area contributed by atoms with Crippen molar-refractivity contribution in [3.05, 3.63) is 41.5 Å². The van der Waals surface area contributed by atoms with Gasteiger partial charge in [0.25, 0.3) is 0 Å². The minimum Gasteiger partial charge on any atom is -0.497 e. The molecule has 2 rings (SSSR count). The highest BCUT2D eigenvalue weighted by Crippen LogP contribution is 2.19. The molecule has 1 aromatic heterocycles. The van der Waals surface area contributed by atoms with Gasteiger partial charge >= 0.3 is 0 Å². The molecule has 2 atom stereocenters. The lowest BCUT2D eigenvalue weighted by atomic mass is 9.99.